The molecule has 32 heavy (non-hydrogen) atoms. The van der Waals surface area contributed by atoms with Crippen LogP contribution >= 0.6 is 0 Å². The van der Waals surface area contributed by atoms with Crippen LogP contribution in [0.3, 0.4) is 0 Å². The fourth-order valence-corrected chi connectivity index (χ4v) is 4.42. The highest BCUT2D eigenvalue weighted by atomic mass is 16.2. The van der Waals surface area contributed by atoms with Crippen LogP contribution in [-0.2, 0) is 11.2 Å². The van der Waals surface area contributed by atoms with Crippen molar-refractivity contribution in [3.8, 4) is 0 Å². The molecular formula is C25H33N5O2. The van der Waals surface area contributed by atoms with Crippen molar-refractivity contribution in [3.05, 3.63) is 41.6 Å². The molecule has 3 aromatic rings. The molecule has 0 saturated carbocycles. The molecule has 2 aromatic heterocycles. The van der Waals surface area contributed by atoms with Crippen molar-refractivity contribution in [2.75, 3.05) is 33.2 Å². The summed E-state index contributed by atoms with van der Waals surface area (Å²) in [4.78, 5) is 37.5. The van der Waals surface area contributed by atoms with E-state index >= 15 is 0 Å². The molecule has 3 heterocycles. The molecule has 7 nitrogen and oxygen atoms in total. The van der Waals surface area contributed by atoms with Crippen LogP contribution in [0.5, 0.6) is 0 Å². The number of hydrogen-bond donors (Lipinski definition) is 2. The van der Waals surface area contributed by atoms with Gasteiger partial charge in [-0.3, -0.25) is 9.59 Å². The summed E-state index contributed by atoms with van der Waals surface area (Å²) in [6.07, 6.45) is 3.29. The minimum absolute atomic E-state index is 0.00107. The number of benzene rings is 1. The Kier molecular flexibility index (Phi) is 6.86. The smallest absolute Gasteiger partial charge is 0.223 e. The van der Waals surface area contributed by atoms with Crippen LogP contribution in [0.4, 0.5) is 0 Å². The Morgan fingerprint density at radius 1 is 1.09 bits per heavy atom. The number of rotatable bonds is 8. The van der Waals surface area contributed by atoms with Crippen molar-refractivity contribution in [1.29, 1.82) is 0 Å². The zero-order valence-corrected chi connectivity index (χ0v) is 19.1. The molecule has 1 atom stereocenters. The van der Waals surface area contributed by atoms with Gasteiger partial charge in [-0.2, -0.15) is 0 Å². The van der Waals surface area contributed by atoms with Crippen LogP contribution in [-0.4, -0.2) is 70.7 Å². The van der Waals surface area contributed by atoms with Gasteiger partial charge >= 0.3 is 0 Å². The molecule has 0 aliphatic carbocycles. The normalized spacial score (nSPS) is 16.0. The van der Waals surface area contributed by atoms with Gasteiger partial charge in [-0.1, -0.05) is 13.3 Å². The number of H-pyrrole nitrogens is 1. The first-order valence-corrected chi connectivity index (χ1v) is 11.6. The van der Waals surface area contributed by atoms with E-state index in [-0.39, 0.29) is 30.6 Å². The molecule has 1 unspecified atom stereocenters. The van der Waals surface area contributed by atoms with E-state index in [0.717, 1.165) is 73.1 Å². The van der Waals surface area contributed by atoms with Crippen LogP contribution in [0.2, 0.25) is 0 Å². The molecular weight excluding hydrogens is 402 g/mol. The minimum Gasteiger partial charge on any atom is -0.340 e. The lowest BCUT2D eigenvalue weighted by Crippen LogP contribution is -2.47. The van der Waals surface area contributed by atoms with Crippen LogP contribution in [0.15, 0.2) is 30.3 Å². The lowest BCUT2D eigenvalue weighted by atomic mass is 10.0. The van der Waals surface area contributed by atoms with Gasteiger partial charge in [0.15, 0.2) is 5.78 Å². The second kappa shape index (κ2) is 9.79. The van der Waals surface area contributed by atoms with Crippen LogP contribution in [0.25, 0.3) is 21.9 Å². The van der Waals surface area contributed by atoms with Gasteiger partial charge < -0.3 is 20.5 Å². The van der Waals surface area contributed by atoms with Crippen molar-refractivity contribution >= 4 is 33.6 Å². The van der Waals surface area contributed by atoms with Crippen molar-refractivity contribution in [1.82, 2.24) is 19.8 Å². The van der Waals surface area contributed by atoms with Crippen LogP contribution in [0, 0.1) is 0 Å². The summed E-state index contributed by atoms with van der Waals surface area (Å²) in [5, 5.41) is 1.98. The molecule has 1 aromatic carbocycles. The molecule has 0 spiro atoms. The number of nitrogens with one attached hydrogen (secondary N) is 1. The fourth-order valence-electron chi connectivity index (χ4n) is 4.42. The molecule has 1 fully saturated rings. The second-order valence-electron chi connectivity index (χ2n) is 8.94. The average Bonchev–Trinajstić information content (AvgIpc) is 3.14. The number of ketones is 1. The van der Waals surface area contributed by atoms with Crippen LogP contribution in [0.1, 0.15) is 48.7 Å². The molecule has 170 valence electrons. The maximum Gasteiger partial charge on any atom is 0.223 e. The fraction of sp³-hybridized carbons (Fsp3) is 0.480. The number of aromatic nitrogens is 2. The Morgan fingerprint density at radius 3 is 2.62 bits per heavy atom. The van der Waals surface area contributed by atoms with Crippen molar-refractivity contribution in [2.24, 2.45) is 5.73 Å². The highest BCUT2D eigenvalue weighted by molar-refractivity contribution is 6.09. The Morgan fingerprint density at radius 2 is 1.88 bits per heavy atom. The summed E-state index contributed by atoms with van der Waals surface area (Å²) < 4.78 is 0. The Balaban J connectivity index is 1.45. The molecule has 3 N–H and O–H groups in total. The van der Waals surface area contributed by atoms with Crippen LogP contribution < -0.4 is 5.73 Å². The summed E-state index contributed by atoms with van der Waals surface area (Å²) in [5.74, 6) is 0.0662. The summed E-state index contributed by atoms with van der Waals surface area (Å²) in [6, 6.07) is 9.87. The van der Waals surface area contributed by atoms with E-state index in [1.807, 2.05) is 29.2 Å². The third-order valence-corrected chi connectivity index (χ3v) is 6.39. The summed E-state index contributed by atoms with van der Waals surface area (Å²) in [6.45, 7) is 5.39. The van der Waals surface area contributed by atoms with Gasteiger partial charge in [-0.15, -0.1) is 0 Å². The third-order valence-electron chi connectivity index (χ3n) is 6.39. The number of Topliss-reactive ketones (excluding diaryl/α,β-unsaturated/α-hetero) is 1. The average molecular weight is 436 g/mol. The van der Waals surface area contributed by atoms with Gasteiger partial charge in [0.25, 0.3) is 0 Å². The molecule has 1 saturated heterocycles. The Bertz CT molecular complexity index is 1110. The zero-order valence-electron chi connectivity index (χ0n) is 19.1. The van der Waals surface area contributed by atoms with Gasteiger partial charge in [-0.25, -0.2) is 4.98 Å². The van der Waals surface area contributed by atoms with E-state index in [4.69, 9.17) is 10.7 Å². The first-order chi connectivity index (χ1) is 15.4. The number of carbonyl (C=O) groups is 2. The number of likely N-dealkylation sites (N-methyl/N-ethyl adjacent to an activating group) is 1. The van der Waals surface area contributed by atoms with E-state index in [2.05, 4.69) is 29.9 Å². The predicted octanol–water partition coefficient (Wildman–Crippen LogP) is 3.12. The molecule has 0 radical (unpaired) electrons. The number of piperazine rings is 1. The van der Waals surface area contributed by atoms with E-state index in [1.165, 1.54) is 0 Å². The Labute approximate surface area is 189 Å². The number of pyridine rings is 1. The van der Waals surface area contributed by atoms with E-state index < -0.39 is 0 Å². The molecule has 1 aliphatic rings. The number of fused-ring (bicyclic) bond motifs is 3. The maximum atomic E-state index is 12.8. The second-order valence-corrected chi connectivity index (χ2v) is 8.94. The predicted molar refractivity (Wildman–Crippen MR) is 128 cm³/mol. The van der Waals surface area contributed by atoms with Gasteiger partial charge in [0.2, 0.25) is 5.91 Å². The summed E-state index contributed by atoms with van der Waals surface area (Å²) in [7, 11) is 2.06. The molecule has 1 amide bonds. The topological polar surface area (TPSA) is 95.3 Å². The van der Waals surface area contributed by atoms with E-state index in [9.17, 15) is 9.59 Å². The van der Waals surface area contributed by atoms with Crippen molar-refractivity contribution in [3.63, 3.8) is 0 Å². The number of amides is 1. The molecule has 1 aliphatic heterocycles. The van der Waals surface area contributed by atoms with Crippen molar-refractivity contribution < 1.29 is 9.59 Å². The van der Waals surface area contributed by atoms with Gasteiger partial charge in [0, 0.05) is 79.0 Å². The lowest BCUT2D eigenvalue weighted by Gasteiger charge is -2.32. The zero-order chi connectivity index (χ0) is 22.7. The molecule has 4 rings (SSSR count). The number of nitrogens with zero attached hydrogens (tertiary/aromatic N) is 3. The van der Waals surface area contributed by atoms with Gasteiger partial charge in [0.1, 0.15) is 5.65 Å². The van der Waals surface area contributed by atoms with Gasteiger partial charge in [-0.05, 0) is 43.8 Å². The SMILES string of the molecule is CCCC(N)Cc1ccc2c(n1)[nH]c1ccc(C(=O)CCC(=O)N3CCN(C)CC3)cc12. The van der Waals surface area contributed by atoms with E-state index in [1.54, 1.807) is 0 Å². The molecule has 7 heteroatoms. The third kappa shape index (κ3) is 5.00. The standard InChI is InChI=1S/C25H33N5O2/c1-3-4-18(26)16-19-6-7-20-21-15-17(5-8-22(21)28-25(20)27-19)23(31)9-10-24(32)30-13-11-29(2)12-14-30/h5-8,15,18H,3-4,9-14,16,26H2,1-2H3,(H,27,28). The lowest BCUT2D eigenvalue weighted by molar-refractivity contribution is -0.132. The highest BCUT2D eigenvalue weighted by Crippen LogP contribution is 2.26. The first kappa shape index (κ1) is 22.4. The quantitative estimate of drug-likeness (QED) is 0.530. The highest BCUT2D eigenvalue weighted by Gasteiger charge is 2.20. The largest absolute Gasteiger partial charge is 0.340 e. The summed E-state index contributed by atoms with van der Waals surface area (Å²) in [5.41, 5.74) is 9.56. The van der Waals surface area contributed by atoms with Gasteiger partial charge in [0.05, 0.1) is 0 Å². The minimum atomic E-state index is -0.00107. The number of hydrogen-bond acceptors (Lipinski definition) is 5. The maximum absolute atomic E-state index is 12.8. The molecule has 0 bridgehead atoms. The van der Waals surface area contributed by atoms with E-state index in [0.29, 0.717) is 5.56 Å². The van der Waals surface area contributed by atoms with Crippen molar-refractivity contribution in [2.45, 2.75) is 45.1 Å². The first-order valence-electron chi connectivity index (χ1n) is 11.6. The number of carbonyl (C=O) groups excluding carboxylic acids is 2. The monoisotopic (exact) mass is 435 g/mol. The number of nitrogens with two attached hydrogens (primary N) is 1. The Hall–Kier alpha value is -2.77. The number of aromatic amines is 1. The summed E-state index contributed by atoms with van der Waals surface area (Å²) >= 11 is 0.